The van der Waals surface area contributed by atoms with Crippen molar-refractivity contribution < 1.29 is 4.79 Å². The fourth-order valence-electron chi connectivity index (χ4n) is 2.84. The van der Waals surface area contributed by atoms with E-state index in [-0.39, 0.29) is 11.2 Å². The van der Waals surface area contributed by atoms with E-state index in [1.165, 1.54) is 18.1 Å². The summed E-state index contributed by atoms with van der Waals surface area (Å²) in [6, 6.07) is 4.30. The molecule has 7 heteroatoms. The fraction of sp³-hybridized carbons (Fsp3) is 0.500. The van der Waals surface area contributed by atoms with Crippen LogP contribution in [0.1, 0.15) is 39.0 Å². The molecule has 0 saturated heterocycles. The van der Waals surface area contributed by atoms with Gasteiger partial charge in [0, 0.05) is 5.39 Å². The number of thiophene rings is 1. The minimum absolute atomic E-state index is 0.0968. The second kappa shape index (κ2) is 6.85. The predicted molar refractivity (Wildman–Crippen MR) is 92.3 cm³/mol. The number of amides is 1. The van der Waals surface area contributed by atoms with Crippen molar-refractivity contribution in [3.8, 4) is 6.07 Å². The van der Waals surface area contributed by atoms with Crippen LogP contribution in [0.4, 0.5) is 0 Å². The SMILES string of the molecule is C[C@@H](Sc1ncnc2sccc12)C(=O)NC1(C#N)CCCCC1. The minimum Gasteiger partial charge on any atom is -0.337 e. The zero-order chi connectivity index (χ0) is 16.3. The Hall–Kier alpha value is -1.65. The molecular formula is C16H18N4OS2. The summed E-state index contributed by atoms with van der Waals surface area (Å²) in [4.78, 5) is 22.0. The highest BCUT2D eigenvalue weighted by Gasteiger charge is 2.35. The zero-order valence-electron chi connectivity index (χ0n) is 12.9. The molecule has 0 aromatic carbocycles. The first kappa shape index (κ1) is 16.2. The average molecular weight is 346 g/mol. The molecule has 0 unspecified atom stereocenters. The van der Waals surface area contributed by atoms with Crippen LogP contribution in [0.25, 0.3) is 10.2 Å². The van der Waals surface area contributed by atoms with Crippen LogP contribution in [0.15, 0.2) is 22.8 Å². The molecule has 120 valence electrons. The summed E-state index contributed by atoms with van der Waals surface area (Å²) >= 11 is 2.98. The molecule has 5 nitrogen and oxygen atoms in total. The molecule has 1 N–H and O–H groups in total. The third-order valence-corrected chi connectivity index (χ3v) is 6.10. The molecule has 23 heavy (non-hydrogen) atoms. The van der Waals surface area contributed by atoms with Crippen molar-refractivity contribution in [1.29, 1.82) is 5.26 Å². The van der Waals surface area contributed by atoms with Gasteiger partial charge in [-0.05, 0) is 31.2 Å². The van der Waals surface area contributed by atoms with Crippen molar-refractivity contribution in [3.05, 3.63) is 17.8 Å². The number of thioether (sulfide) groups is 1. The van der Waals surface area contributed by atoms with E-state index in [0.29, 0.717) is 0 Å². The quantitative estimate of drug-likeness (QED) is 0.677. The van der Waals surface area contributed by atoms with Crippen LogP contribution in [0, 0.1) is 11.3 Å². The van der Waals surface area contributed by atoms with E-state index in [4.69, 9.17) is 0 Å². The van der Waals surface area contributed by atoms with E-state index in [0.717, 1.165) is 47.3 Å². The number of carbonyl (C=O) groups is 1. The van der Waals surface area contributed by atoms with E-state index in [1.54, 1.807) is 11.3 Å². The number of hydrogen-bond acceptors (Lipinski definition) is 6. The maximum Gasteiger partial charge on any atom is 0.234 e. The summed E-state index contributed by atoms with van der Waals surface area (Å²) < 4.78 is 0. The Kier molecular flexibility index (Phi) is 4.83. The summed E-state index contributed by atoms with van der Waals surface area (Å²) in [6.45, 7) is 1.86. The molecule has 2 aromatic rings. The van der Waals surface area contributed by atoms with Crippen LogP contribution >= 0.6 is 23.1 Å². The Morgan fingerprint density at radius 3 is 2.96 bits per heavy atom. The van der Waals surface area contributed by atoms with Gasteiger partial charge in [0.05, 0.1) is 11.3 Å². The molecule has 1 atom stereocenters. The van der Waals surface area contributed by atoms with E-state index in [9.17, 15) is 10.1 Å². The molecule has 1 aliphatic carbocycles. The average Bonchev–Trinajstić information content (AvgIpc) is 3.05. The van der Waals surface area contributed by atoms with E-state index in [1.807, 2.05) is 18.4 Å². The van der Waals surface area contributed by atoms with Crippen molar-refractivity contribution in [2.45, 2.75) is 54.8 Å². The lowest BCUT2D eigenvalue weighted by Gasteiger charge is -2.32. The van der Waals surface area contributed by atoms with Gasteiger partial charge in [0.1, 0.15) is 21.7 Å². The summed E-state index contributed by atoms with van der Waals surface area (Å²) in [5, 5.41) is 15.9. The molecule has 1 fully saturated rings. The van der Waals surface area contributed by atoms with Gasteiger partial charge in [-0.3, -0.25) is 4.79 Å². The van der Waals surface area contributed by atoms with Crippen LogP contribution in [0.2, 0.25) is 0 Å². The lowest BCUT2D eigenvalue weighted by atomic mass is 9.83. The topological polar surface area (TPSA) is 78.7 Å². The highest BCUT2D eigenvalue weighted by Crippen LogP contribution is 2.32. The molecule has 2 aromatic heterocycles. The molecule has 0 spiro atoms. The number of rotatable bonds is 4. The standard InChI is InChI=1S/C16H18N4OS2/c1-11(13(21)20-16(9-17)6-3-2-4-7-16)23-15-12-5-8-22-14(12)18-10-19-15/h5,8,10-11H,2-4,6-7H2,1H3,(H,20,21)/t11-/m1/s1. The molecule has 1 aliphatic rings. The van der Waals surface area contributed by atoms with Gasteiger partial charge in [-0.1, -0.05) is 31.0 Å². The Bertz CT molecular complexity index is 746. The minimum atomic E-state index is -0.687. The van der Waals surface area contributed by atoms with Crippen molar-refractivity contribution >= 4 is 39.2 Å². The summed E-state index contributed by atoms with van der Waals surface area (Å²) in [6.07, 6.45) is 6.15. The number of nitrogens with zero attached hydrogens (tertiary/aromatic N) is 3. The summed E-state index contributed by atoms with van der Waals surface area (Å²) in [5.74, 6) is -0.0968. The van der Waals surface area contributed by atoms with Crippen molar-refractivity contribution in [3.63, 3.8) is 0 Å². The highest BCUT2D eigenvalue weighted by molar-refractivity contribution is 8.00. The lowest BCUT2D eigenvalue weighted by Crippen LogP contribution is -2.50. The first-order valence-corrected chi connectivity index (χ1v) is 9.48. The summed E-state index contributed by atoms with van der Waals surface area (Å²) in [7, 11) is 0. The van der Waals surface area contributed by atoms with Gasteiger partial charge in [-0.25, -0.2) is 9.97 Å². The van der Waals surface area contributed by atoms with E-state index >= 15 is 0 Å². The first-order chi connectivity index (χ1) is 11.1. The number of hydrogen-bond donors (Lipinski definition) is 1. The Morgan fingerprint density at radius 1 is 1.43 bits per heavy atom. The number of fused-ring (bicyclic) bond motifs is 1. The molecule has 3 rings (SSSR count). The lowest BCUT2D eigenvalue weighted by molar-refractivity contribution is -0.121. The molecule has 2 heterocycles. The second-order valence-corrected chi connectivity index (χ2v) is 8.05. The maximum atomic E-state index is 12.5. The van der Waals surface area contributed by atoms with Crippen molar-refractivity contribution in [1.82, 2.24) is 15.3 Å². The zero-order valence-corrected chi connectivity index (χ0v) is 14.5. The van der Waals surface area contributed by atoms with Gasteiger partial charge < -0.3 is 5.32 Å². The third kappa shape index (κ3) is 3.48. The number of nitriles is 1. The van der Waals surface area contributed by atoms with Gasteiger partial charge in [-0.2, -0.15) is 5.26 Å². The number of carbonyl (C=O) groups excluding carboxylic acids is 1. The normalized spacial score (nSPS) is 18.3. The molecular weight excluding hydrogens is 328 g/mol. The molecule has 0 aliphatic heterocycles. The number of aromatic nitrogens is 2. The number of nitrogens with one attached hydrogen (secondary N) is 1. The monoisotopic (exact) mass is 346 g/mol. The Balaban J connectivity index is 1.70. The Morgan fingerprint density at radius 2 is 2.22 bits per heavy atom. The fourth-order valence-corrected chi connectivity index (χ4v) is 4.54. The van der Waals surface area contributed by atoms with Gasteiger partial charge in [0.15, 0.2) is 0 Å². The third-order valence-electron chi connectivity index (χ3n) is 4.17. The highest BCUT2D eigenvalue weighted by atomic mass is 32.2. The first-order valence-electron chi connectivity index (χ1n) is 7.72. The van der Waals surface area contributed by atoms with Crippen LogP contribution in [0.3, 0.4) is 0 Å². The predicted octanol–water partition coefficient (Wildman–Crippen LogP) is 3.51. The van der Waals surface area contributed by atoms with Gasteiger partial charge in [0.25, 0.3) is 0 Å². The van der Waals surface area contributed by atoms with Gasteiger partial charge in [0.2, 0.25) is 5.91 Å². The largest absolute Gasteiger partial charge is 0.337 e. The van der Waals surface area contributed by atoms with Gasteiger partial charge >= 0.3 is 0 Å². The van der Waals surface area contributed by atoms with Crippen LogP contribution in [-0.2, 0) is 4.79 Å². The summed E-state index contributed by atoms with van der Waals surface area (Å²) in [5.41, 5.74) is -0.687. The smallest absolute Gasteiger partial charge is 0.234 e. The maximum absolute atomic E-state index is 12.5. The molecule has 0 bridgehead atoms. The van der Waals surface area contributed by atoms with Crippen LogP contribution in [0.5, 0.6) is 0 Å². The van der Waals surface area contributed by atoms with Crippen molar-refractivity contribution in [2.75, 3.05) is 0 Å². The molecule has 1 amide bonds. The van der Waals surface area contributed by atoms with E-state index in [2.05, 4.69) is 21.4 Å². The van der Waals surface area contributed by atoms with Crippen molar-refractivity contribution in [2.24, 2.45) is 0 Å². The molecule has 0 radical (unpaired) electrons. The van der Waals surface area contributed by atoms with Gasteiger partial charge in [-0.15, -0.1) is 11.3 Å². The molecule has 1 saturated carbocycles. The van der Waals surface area contributed by atoms with Crippen LogP contribution in [-0.4, -0.2) is 26.7 Å². The van der Waals surface area contributed by atoms with E-state index < -0.39 is 5.54 Å². The Labute approximate surface area is 143 Å². The second-order valence-electron chi connectivity index (χ2n) is 5.82. The van der Waals surface area contributed by atoms with Crippen LogP contribution < -0.4 is 5.32 Å².